The first-order valence-electron chi connectivity index (χ1n) is 5.79. The molecule has 5 nitrogen and oxygen atoms in total. The van der Waals surface area contributed by atoms with Crippen LogP contribution in [0.15, 0.2) is 6.20 Å². The van der Waals surface area contributed by atoms with E-state index in [-0.39, 0.29) is 5.91 Å². The first-order chi connectivity index (χ1) is 8.15. The Hall–Kier alpha value is -1.91. The van der Waals surface area contributed by atoms with Crippen molar-refractivity contribution in [2.45, 2.75) is 33.6 Å². The highest BCUT2D eigenvalue weighted by Crippen LogP contribution is 2.21. The van der Waals surface area contributed by atoms with Crippen LogP contribution in [0.1, 0.15) is 31.7 Å². The van der Waals surface area contributed by atoms with Gasteiger partial charge in [-0.2, -0.15) is 0 Å². The van der Waals surface area contributed by atoms with Gasteiger partial charge in [0.2, 0.25) is 5.91 Å². The van der Waals surface area contributed by atoms with Gasteiger partial charge in [-0.05, 0) is 6.92 Å². The fourth-order valence-electron chi connectivity index (χ4n) is 1.66. The van der Waals surface area contributed by atoms with Gasteiger partial charge in [0.15, 0.2) is 5.65 Å². The van der Waals surface area contributed by atoms with Gasteiger partial charge < -0.3 is 10.3 Å². The van der Waals surface area contributed by atoms with Gasteiger partial charge in [-0.25, -0.2) is 9.97 Å². The third-order valence-corrected chi connectivity index (χ3v) is 2.76. The maximum absolute atomic E-state index is 11.4. The standard InChI is InChI=1S/C12H16N4O/c1-4-9-15-11-7(3)8(14-10(17)5-2)6-13-12(11)16-9/h6H,4-5H2,1-3H3,(H,14,17)(H,13,15,16). The van der Waals surface area contributed by atoms with Crippen LogP contribution in [0.2, 0.25) is 0 Å². The Labute approximate surface area is 99.7 Å². The van der Waals surface area contributed by atoms with Crippen LogP contribution in [0.4, 0.5) is 5.69 Å². The van der Waals surface area contributed by atoms with Gasteiger partial charge in [-0.1, -0.05) is 13.8 Å². The molecular weight excluding hydrogens is 216 g/mol. The molecule has 2 heterocycles. The Bertz CT molecular complexity index is 559. The zero-order valence-corrected chi connectivity index (χ0v) is 10.3. The van der Waals surface area contributed by atoms with Crippen LogP contribution in [0.5, 0.6) is 0 Å². The smallest absolute Gasteiger partial charge is 0.224 e. The van der Waals surface area contributed by atoms with Crippen LogP contribution in [-0.2, 0) is 11.2 Å². The van der Waals surface area contributed by atoms with Crippen LogP contribution < -0.4 is 5.32 Å². The van der Waals surface area contributed by atoms with E-state index in [0.29, 0.717) is 12.1 Å². The number of anilines is 1. The highest BCUT2D eigenvalue weighted by atomic mass is 16.1. The van der Waals surface area contributed by atoms with Crippen LogP contribution in [0.3, 0.4) is 0 Å². The topological polar surface area (TPSA) is 70.7 Å². The zero-order chi connectivity index (χ0) is 12.4. The maximum atomic E-state index is 11.4. The van der Waals surface area contributed by atoms with Gasteiger partial charge in [0.25, 0.3) is 0 Å². The van der Waals surface area contributed by atoms with Crippen molar-refractivity contribution in [3.05, 3.63) is 17.6 Å². The minimum Gasteiger partial charge on any atom is -0.340 e. The molecule has 0 atom stereocenters. The summed E-state index contributed by atoms with van der Waals surface area (Å²) in [6, 6.07) is 0. The number of nitrogens with one attached hydrogen (secondary N) is 2. The van der Waals surface area contributed by atoms with Crippen molar-refractivity contribution >= 4 is 22.8 Å². The van der Waals surface area contributed by atoms with Crippen molar-refractivity contribution in [1.29, 1.82) is 0 Å². The van der Waals surface area contributed by atoms with Crippen molar-refractivity contribution in [1.82, 2.24) is 15.0 Å². The largest absolute Gasteiger partial charge is 0.340 e. The predicted molar refractivity (Wildman–Crippen MR) is 66.9 cm³/mol. The summed E-state index contributed by atoms with van der Waals surface area (Å²) < 4.78 is 0. The van der Waals surface area contributed by atoms with Gasteiger partial charge in [0.05, 0.1) is 17.4 Å². The van der Waals surface area contributed by atoms with Crippen LogP contribution in [0.25, 0.3) is 11.2 Å². The molecule has 17 heavy (non-hydrogen) atoms. The molecule has 0 aromatic carbocycles. The molecule has 0 spiro atoms. The molecule has 0 radical (unpaired) electrons. The van der Waals surface area contributed by atoms with E-state index >= 15 is 0 Å². The maximum Gasteiger partial charge on any atom is 0.224 e. The van der Waals surface area contributed by atoms with E-state index in [1.54, 1.807) is 6.20 Å². The highest BCUT2D eigenvalue weighted by Gasteiger charge is 2.10. The number of hydrogen-bond donors (Lipinski definition) is 2. The van der Waals surface area contributed by atoms with Crippen molar-refractivity contribution in [3.63, 3.8) is 0 Å². The van der Waals surface area contributed by atoms with Crippen molar-refractivity contribution in [3.8, 4) is 0 Å². The minimum atomic E-state index is -0.00974. The Morgan fingerprint density at radius 2 is 2.24 bits per heavy atom. The summed E-state index contributed by atoms with van der Waals surface area (Å²) in [6.45, 7) is 5.81. The number of aromatic nitrogens is 3. The average molecular weight is 232 g/mol. The van der Waals surface area contributed by atoms with E-state index in [4.69, 9.17) is 0 Å². The molecule has 5 heteroatoms. The molecule has 0 saturated carbocycles. The lowest BCUT2D eigenvalue weighted by molar-refractivity contribution is -0.115. The summed E-state index contributed by atoms with van der Waals surface area (Å²) in [5, 5.41) is 2.83. The molecule has 0 fully saturated rings. The van der Waals surface area contributed by atoms with Crippen LogP contribution in [-0.4, -0.2) is 20.9 Å². The molecular formula is C12H16N4O. The molecule has 2 aromatic rings. The van der Waals surface area contributed by atoms with Gasteiger partial charge in [-0.3, -0.25) is 4.79 Å². The number of fused-ring (bicyclic) bond motifs is 1. The molecule has 2 rings (SSSR count). The van der Waals surface area contributed by atoms with E-state index < -0.39 is 0 Å². The van der Waals surface area contributed by atoms with E-state index in [2.05, 4.69) is 20.3 Å². The Morgan fingerprint density at radius 3 is 2.88 bits per heavy atom. The molecule has 1 amide bonds. The third-order valence-electron chi connectivity index (χ3n) is 2.76. The van der Waals surface area contributed by atoms with Crippen molar-refractivity contribution in [2.75, 3.05) is 5.32 Å². The number of aromatic amines is 1. The summed E-state index contributed by atoms with van der Waals surface area (Å²) >= 11 is 0. The van der Waals surface area contributed by atoms with E-state index in [1.165, 1.54) is 0 Å². The van der Waals surface area contributed by atoms with Gasteiger partial charge in [0.1, 0.15) is 5.82 Å². The number of carbonyl (C=O) groups excluding carboxylic acids is 1. The number of carbonyl (C=O) groups is 1. The predicted octanol–water partition coefficient (Wildman–Crippen LogP) is 2.18. The third kappa shape index (κ3) is 2.13. The molecule has 0 aliphatic carbocycles. The van der Waals surface area contributed by atoms with Crippen molar-refractivity contribution < 1.29 is 4.79 Å². The van der Waals surface area contributed by atoms with E-state index in [9.17, 15) is 4.79 Å². The number of imidazole rings is 1. The molecule has 0 unspecified atom stereocenters. The summed E-state index contributed by atoms with van der Waals surface area (Å²) in [7, 11) is 0. The summed E-state index contributed by atoms with van der Waals surface area (Å²) in [4.78, 5) is 23.2. The van der Waals surface area contributed by atoms with Crippen molar-refractivity contribution in [2.24, 2.45) is 0 Å². The molecule has 0 aliphatic heterocycles. The number of H-pyrrole nitrogens is 1. The Balaban J connectivity index is 2.45. The second-order valence-electron chi connectivity index (χ2n) is 3.93. The number of amides is 1. The number of aryl methyl sites for hydroxylation is 2. The minimum absolute atomic E-state index is 0.00974. The number of hydrogen-bond acceptors (Lipinski definition) is 3. The fraction of sp³-hybridized carbons (Fsp3) is 0.417. The molecule has 0 saturated heterocycles. The molecule has 0 bridgehead atoms. The highest BCUT2D eigenvalue weighted by molar-refractivity contribution is 5.93. The van der Waals surface area contributed by atoms with E-state index in [0.717, 1.165) is 29.0 Å². The monoisotopic (exact) mass is 232 g/mol. The lowest BCUT2D eigenvalue weighted by Gasteiger charge is -2.06. The fourth-order valence-corrected chi connectivity index (χ4v) is 1.66. The summed E-state index contributed by atoms with van der Waals surface area (Å²) in [6.07, 6.45) is 2.96. The lowest BCUT2D eigenvalue weighted by Crippen LogP contribution is -2.10. The van der Waals surface area contributed by atoms with Gasteiger partial charge >= 0.3 is 0 Å². The number of rotatable bonds is 3. The lowest BCUT2D eigenvalue weighted by atomic mass is 10.2. The van der Waals surface area contributed by atoms with Crippen LogP contribution >= 0.6 is 0 Å². The second-order valence-corrected chi connectivity index (χ2v) is 3.93. The van der Waals surface area contributed by atoms with Crippen LogP contribution in [0, 0.1) is 6.92 Å². The molecule has 90 valence electrons. The number of pyridine rings is 1. The SMILES string of the molecule is CCC(=O)Nc1cnc2nc(CC)[nH]c2c1C. The first-order valence-corrected chi connectivity index (χ1v) is 5.79. The summed E-state index contributed by atoms with van der Waals surface area (Å²) in [5.74, 6) is 0.902. The van der Waals surface area contributed by atoms with E-state index in [1.807, 2.05) is 20.8 Å². The molecule has 0 aliphatic rings. The van der Waals surface area contributed by atoms with Gasteiger partial charge in [0, 0.05) is 18.4 Å². The zero-order valence-electron chi connectivity index (χ0n) is 10.3. The molecule has 2 N–H and O–H groups in total. The van der Waals surface area contributed by atoms with Gasteiger partial charge in [-0.15, -0.1) is 0 Å². The Morgan fingerprint density at radius 1 is 1.47 bits per heavy atom. The second kappa shape index (κ2) is 4.53. The normalized spacial score (nSPS) is 10.8. The average Bonchev–Trinajstić information content (AvgIpc) is 2.76. The first kappa shape index (κ1) is 11.6. The number of nitrogens with zero attached hydrogens (tertiary/aromatic N) is 2. The Kier molecular flexibility index (Phi) is 3.08. The molecule has 2 aromatic heterocycles. The quantitative estimate of drug-likeness (QED) is 0.852. The summed E-state index contributed by atoms with van der Waals surface area (Å²) in [5.41, 5.74) is 3.32.